The number of benzene rings is 4. The summed E-state index contributed by atoms with van der Waals surface area (Å²) >= 11 is 3.46. The molecule has 0 spiro atoms. The van der Waals surface area contributed by atoms with Gasteiger partial charge in [0.1, 0.15) is 12.6 Å². The molecular formula is C36H40BrN3O4S. The van der Waals surface area contributed by atoms with Gasteiger partial charge in [-0.05, 0) is 80.3 Å². The Morgan fingerprint density at radius 1 is 0.778 bits per heavy atom. The molecule has 7 nitrogen and oxygen atoms in total. The van der Waals surface area contributed by atoms with E-state index in [-0.39, 0.29) is 23.8 Å². The first-order valence-electron chi connectivity index (χ1n) is 14.9. The van der Waals surface area contributed by atoms with Gasteiger partial charge >= 0.3 is 0 Å². The summed E-state index contributed by atoms with van der Waals surface area (Å²) in [6, 6.07) is 31.4. The van der Waals surface area contributed by atoms with Crippen LogP contribution in [-0.4, -0.2) is 43.3 Å². The molecule has 0 radical (unpaired) electrons. The average Bonchev–Trinajstić information content (AvgIpc) is 3.02. The van der Waals surface area contributed by atoms with E-state index in [1.165, 1.54) is 17.0 Å². The van der Waals surface area contributed by atoms with Gasteiger partial charge in [0, 0.05) is 23.0 Å². The van der Waals surface area contributed by atoms with Crippen LogP contribution in [0.5, 0.6) is 0 Å². The van der Waals surface area contributed by atoms with Crippen molar-refractivity contribution in [1.82, 2.24) is 10.2 Å². The van der Waals surface area contributed by atoms with Crippen molar-refractivity contribution < 1.29 is 18.0 Å². The SMILES string of the molecule is CCc1ccc(N(CC(=O)N(Cc2ccc(Br)cc2)[C@@H](Cc2ccccc2)C(=O)NC(C)(C)C)S(=O)(=O)c2ccccc2)cc1. The summed E-state index contributed by atoms with van der Waals surface area (Å²) < 4.78 is 30.2. The van der Waals surface area contributed by atoms with E-state index in [1.807, 2.05) is 94.4 Å². The smallest absolute Gasteiger partial charge is 0.264 e. The highest BCUT2D eigenvalue weighted by molar-refractivity contribution is 9.10. The molecule has 236 valence electrons. The molecule has 0 aliphatic carbocycles. The van der Waals surface area contributed by atoms with Gasteiger partial charge in [0.05, 0.1) is 10.6 Å². The van der Waals surface area contributed by atoms with Crippen LogP contribution in [0.4, 0.5) is 5.69 Å². The molecule has 1 N–H and O–H groups in total. The molecule has 9 heteroatoms. The van der Waals surface area contributed by atoms with Crippen LogP contribution < -0.4 is 9.62 Å². The minimum atomic E-state index is -4.14. The maximum absolute atomic E-state index is 14.5. The second-order valence-corrected chi connectivity index (χ2v) is 14.7. The molecule has 0 heterocycles. The standard InChI is InChI=1S/C36H40BrN3O4S/c1-5-27-18-22-31(23-19-27)40(45(43,44)32-14-10-7-11-15-32)26-34(41)39(25-29-16-20-30(37)21-17-29)33(35(42)38-36(2,3)4)24-28-12-8-6-9-13-28/h6-23,33H,5,24-26H2,1-4H3,(H,38,42)/t33-/m0/s1. The summed E-state index contributed by atoms with van der Waals surface area (Å²) in [6.07, 6.45) is 1.04. The zero-order valence-corrected chi connectivity index (χ0v) is 28.5. The van der Waals surface area contributed by atoms with Crippen molar-refractivity contribution in [2.45, 2.75) is 63.6 Å². The molecule has 0 unspecified atom stereocenters. The Balaban J connectivity index is 1.81. The number of sulfonamides is 1. The molecule has 0 aliphatic heterocycles. The van der Waals surface area contributed by atoms with E-state index in [9.17, 15) is 18.0 Å². The van der Waals surface area contributed by atoms with Gasteiger partial charge in [0.25, 0.3) is 10.0 Å². The third-order valence-corrected chi connectivity index (χ3v) is 9.59. The fraction of sp³-hybridized carbons (Fsp3) is 0.278. The number of carbonyl (C=O) groups excluding carboxylic acids is 2. The fourth-order valence-corrected chi connectivity index (χ4v) is 6.64. The van der Waals surface area contributed by atoms with Crippen molar-refractivity contribution in [3.63, 3.8) is 0 Å². The lowest BCUT2D eigenvalue weighted by molar-refractivity contribution is -0.140. The van der Waals surface area contributed by atoms with Crippen LogP contribution in [0.25, 0.3) is 0 Å². The highest BCUT2D eigenvalue weighted by Gasteiger charge is 2.35. The zero-order chi connectivity index (χ0) is 32.6. The molecule has 0 fully saturated rings. The van der Waals surface area contributed by atoms with Crippen molar-refractivity contribution in [3.05, 3.63) is 130 Å². The van der Waals surface area contributed by atoms with Crippen LogP contribution in [0.3, 0.4) is 0 Å². The van der Waals surface area contributed by atoms with Gasteiger partial charge in [-0.3, -0.25) is 13.9 Å². The summed E-state index contributed by atoms with van der Waals surface area (Å²) in [5.41, 5.74) is 2.54. The number of rotatable bonds is 12. The Labute approximate surface area is 275 Å². The van der Waals surface area contributed by atoms with Crippen molar-refractivity contribution >= 4 is 43.5 Å². The molecule has 1 atom stereocenters. The maximum Gasteiger partial charge on any atom is 0.264 e. The first-order valence-corrected chi connectivity index (χ1v) is 17.2. The maximum atomic E-state index is 14.5. The predicted octanol–water partition coefficient (Wildman–Crippen LogP) is 6.76. The van der Waals surface area contributed by atoms with E-state index in [4.69, 9.17) is 0 Å². The summed E-state index contributed by atoms with van der Waals surface area (Å²) in [5, 5.41) is 3.05. The number of hydrogen-bond acceptors (Lipinski definition) is 4. The molecule has 4 aromatic rings. The van der Waals surface area contributed by atoms with E-state index < -0.39 is 34.1 Å². The molecular weight excluding hydrogens is 650 g/mol. The third-order valence-electron chi connectivity index (χ3n) is 7.28. The molecule has 0 bridgehead atoms. The van der Waals surface area contributed by atoms with E-state index in [0.29, 0.717) is 5.69 Å². The van der Waals surface area contributed by atoms with Gasteiger partial charge in [-0.25, -0.2) is 8.42 Å². The van der Waals surface area contributed by atoms with E-state index in [1.54, 1.807) is 30.3 Å². The fourth-order valence-electron chi connectivity index (χ4n) is 4.94. The molecule has 2 amide bonds. The first-order chi connectivity index (χ1) is 21.4. The Morgan fingerprint density at radius 2 is 1.33 bits per heavy atom. The van der Waals surface area contributed by atoms with Gasteiger partial charge in [0.15, 0.2) is 0 Å². The van der Waals surface area contributed by atoms with Crippen molar-refractivity contribution in [2.75, 3.05) is 10.8 Å². The van der Waals surface area contributed by atoms with Gasteiger partial charge in [-0.2, -0.15) is 0 Å². The predicted molar refractivity (Wildman–Crippen MR) is 183 cm³/mol. The summed E-state index contributed by atoms with van der Waals surface area (Å²) in [4.78, 5) is 30.1. The number of anilines is 1. The Kier molecular flexibility index (Phi) is 11.2. The second kappa shape index (κ2) is 14.9. The second-order valence-electron chi connectivity index (χ2n) is 11.9. The van der Waals surface area contributed by atoms with Gasteiger partial charge in [-0.1, -0.05) is 95.7 Å². The van der Waals surface area contributed by atoms with Crippen LogP contribution >= 0.6 is 15.9 Å². The number of aryl methyl sites for hydroxylation is 1. The van der Waals surface area contributed by atoms with Crippen molar-refractivity contribution in [3.8, 4) is 0 Å². The number of hydrogen-bond donors (Lipinski definition) is 1. The Morgan fingerprint density at radius 3 is 1.89 bits per heavy atom. The summed E-state index contributed by atoms with van der Waals surface area (Å²) in [6.45, 7) is 7.30. The number of carbonyl (C=O) groups is 2. The van der Waals surface area contributed by atoms with Gasteiger partial charge < -0.3 is 10.2 Å². The van der Waals surface area contributed by atoms with E-state index in [0.717, 1.165) is 31.9 Å². The van der Waals surface area contributed by atoms with Gasteiger partial charge in [0.2, 0.25) is 11.8 Å². The van der Waals surface area contributed by atoms with Gasteiger partial charge in [-0.15, -0.1) is 0 Å². The lowest BCUT2D eigenvalue weighted by atomic mass is 10.0. The minimum Gasteiger partial charge on any atom is -0.350 e. The highest BCUT2D eigenvalue weighted by Crippen LogP contribution is 2.26. The Hall–Kier alpha value is -3.95. The number of nitrogens with zero attached hydrogens (tertiary/aromatic N) is 2. The van der Waals surface area contributed by atoms with Crippen molar-refractivity contribution in [1.29, 1.82) is 0 Å². The Bertz CT molecular complexity index is 1670. The lowest BCUT2D eigenvalue weighted by Gasteiger charge is -2.35. The normalized spacial score (nSPS) is 12.3. The van der Waals surface area contributed by atoms with Crippen LogP contribution in [0.2, 0.25) is 0 Å². The number of nitrogens with one attached hydrogen (secondary N) is 1. The van der Waals surface area contributed by atoms with E-state index >= 15 is 0 Å². The minimum absolute atomic E-state index is 0.0724. The average molecular weight is 691 g/mol. The number of halogens is 1. The molecule has 45 heavy (non-hydrogen) atoms. The van der Waals surface area contributed by atoms with Crippen LogP contribution in [0.15, 0.2) is 119 Å². The van der Waals surface area contributed by atoms with E-state index in [2.05, 4.69) is 21.2 Å². The summed E-state index contributed by atoms with van der Waals surface area (Å²) in [7, 11) is -4.14. The van der Waals surface area contributed by atoms with Crippen LogP contribution in [0, 0.1) is 0 Å². The topological polar surface area (TPSA) is 86.8 Å². The molecule has 0 aliphatic rings. The molecule has 4 rings (SSSR count). The monoisotopic (exact) mass is 689 g/mol. The molecule has 0 saturated carbocycles. The molecule has 0 aromatic heterocycles. The zero-order valence-electron chi connectivity index (χ0n) is 26.1. The highest BCUT2D eigenvalue weighted by atomic mass is 79.9. The quantitative estimate of drug-likeness (QED) is 0.178. The number of amides is 2. The largest absolute Gasteiger partial charge is 0.350 e. The summed E-state index contributed by atoms with van der Waals surface area (Å²) in [5.74, 6) is -0.816. The van der Waals surface area contributed by atoms with Crippen LogP contribution in [-0.2, 0) is 39.0 Å². The van der Waals surface area contributed by atoms with Crippen LogP contribution in [0.1, 0.15) is 44.4 Å². The molecule has 4 aromatic carbocycles. The molecule has 0 saturated heterocycles. The first kappa shape index (κ1) is 33.9. The lowest BCUT2D eigenvalue weighted by Crippen LogP contribution is -2.56. The third kappa shape index (κ3) is 9.28. The van der Waals surface area contributed by atoms with Crippen molar-refractivity contribution in [2.24, 2.45) is 0 Å².